The van der Waals surface area contributed by atoms with E-state index < -0.39 is 0 Å². The fourth-order valence-electron chi connectivity index (χ4n) is 2.93. The van der Waals surface area contributed by atoms with Gasteiger partial charge in [0.1, 0.15) is 5.69 Å². The molecule has 2 aromatic heterocycles. The molecule has 0 N–H and O–H groups in total. The summed E-state index contributed by atoms with van der Waals surface area (Å²) in [5, 5.41) is 10.3. The molecule has 2 aromatic rings. The van der Waals surface area contributed by atoms with Gasteiger partial charge in [0.2, 0.25) is 0 Å². The molecule has 1 amide bonds. The van der Waals surface area contributed by atoms with Gasteiger partial charge in [0, 0.05) is 26.1 Å². The van der Waals surface area contributed by atoms with Crippen molar-refractivity contribution in [2.24, 2.45) is 7.05 Å². The van der Waals surface area contributed by atoms with Gasteiger partial charge in [0.05, 0.1) is 30.3 Å². The number of carbonyl (C=O) groups is 1. The largest absolute Gasteiger partial charge is 0.379 e. The first kappa shape index (κ1) is 17.1. The molecule has 0 saturated heterocycles. The second-order valence-corrected chi connectivity index (χ2v) is 7.23. The first-order valence-corrected chi connectivity index (χ1v) is 8.88. The van der Waals surface area contributed by atoms with Crippen molar-refractivity contribution in [3.63, 3.8) is 0 Å². The lowest BCUT2D eigenvalue weighted by Crippen LogP contribution is -2.40. The highest BCUT2D eigenvalue weighted by molar-refractivity contribution is 7.12. The Morgan fingerprint density at radius 3 is 3.04 bits per heavy atom. The highest BCUT2D eigenvalue weighted by atomic mass is 32.1. The van der Waals surface area contributed by atoms with Crippen LogP contribution in [0.4, 0.5) is 0 Å². The molecular formula is C16H23N5O2S. The Kier molecular flexibility index (Phi) is 5.27. The van der Waals surface area contributed by atoms with Crippen LogP contribution in [0.15, 0.2) is 17.5 Å². The van der Waals surface area contributed by atoms with Crippen molar-refractivity contribution in [1.82, 2.24) is 24.8 Å². The van der Waals surface area contributed by atoms with Crippen molar-refractivity contribution >= 4 is 17.2 Å². The lowest BCUT2D eigenvalue weighted by molar-refractivity contribution is 0.0617. The van der Waals surface area contributed by atoms with E-state index in [1.165, 1.54) is 11.3 Å². The number of thiophene rings is 1. The minimum atomic E-state index is 0.0552. The third-order valence-corrected chi connectivity index (χ3v) is 4.99. The fraction of sp³-hybridized carbons (Fsp3) is 0.562. The predicted octanol–water partition coefficient (Wildman–Crippen LogP) is 1.19. The summed E-state index contributed by atoms with van der Waals surface area (Å²) in [5.74, 6) is 0.152. The molecule has 0 aliphatic carbocycles. The molecule has 130 valence electrons. The third-order valence-electron chi connectivity index (χ3n) is 4.13. The Balaban J connectivity index is 1.72. The average Bonchev–Trinajstić information content (AvgIpc) is 3.21. The van der Waals surface area contributed by atoms with Crippen molar-refractivity contribution in [1.29, 1.82) is 0 Å². The Labute approximate surface area is 145 Å². The number of hydrogen-bond acceptors (Lipinski definition) is 6. The number of aromatic nitrogens is 3. The van der Waals surface area contributed by atoms with Crippen LogP contribution < -0.4 is 0 Å². The van der Waals surface area contributed by atoms with Gasteiger partial charge in [0.25, 0.3) is 5.91 Å². The molecule has 24 heavy (non-hydrogen) atoms. The second kappa shape index (κ2) is 7.42. The van der Waals surface area contributed by atoms with Crippen molar-refractivity contribution in [2.45, 2.75) is 12.5 Å². The summed E-state index contributed by atoms with van der Waals surface area (Å²) >= 11 is 1.47. The van der Waals surface area contributed by atoms with E-state index in [4.69, 9.17) is 4.74 Å². The third kappa shape index (κ3) is 3.66. The fourth-order valence-corrected chi connectivity index (χ4v) is 3.62. The van der Waals surface area contributed by atoms with Gasteiger partial charge in [-0.1, -0.05) is 11.3 Å². The van der Waals surface area contributed by atoms with Crippen molar-refractivity contribution in [3.05, 3.63) is 33.8 Å². The van der Waals surface area contributed by atoms with E-state index in [0.717, 1.165) is 22.8 Å². The molecule has 1 aliphatic rings. The molecule has 1 unspecified atom stereocenters. The quantitative estimate of drug-likeness (QED) is 0.733. The SMILES string of the molecule is CN(C)CCOCC1CN(C(=O)c2cccs2)Cc2nnn(C)c21. The van der Waals surface area contributed by atoms with Gasteiger partial charge in [0.15, 0.2) is 0 Å². The Hall–Kier alpha value is -1.77. The zero-order valence-electron chi connectivity index (χ0n) is 14.3. The summed E-state index contributed by atoms with van der Waals surface area (Å²) in [6.45, 7) is 3.25. The predicted molar refractivity (Wildman–Crippen MR) is 92.2 cm³/mol. The summed E-state index contributed by atoms with van der Waals surface area (Å²) in [6.07, 6.45) is 0. The summed E-state index contributed by atoms with van der Waals surface area (Å²) < 4.78 is 7.65. The molecule has 0 radical (unpaired) electrons. The molecule has 8 heteroatoms. The van der Waals surface area contributed by atoms with Crippen molar-refractivity contribution in [2.75, 3.05) is 40.4 Å². The smallest absolute Gasteiger partial charge is 0.264 e. The van der Waals surface area contributed by atoms with E-state index in [9.17, 15) is 4.79 Å². The molecule has 0 fully saturated rings. The zero-order chi connectivity index (χ0) is 17.1. The van der Waals surface area contributed by atoms with Crippen LogP contribution in [0.2, 0.25) is 0 Å². The van der Waals surface area contributed by atoms with Gasteiger partial charge in [-0.05, 0) is 25.5 Å². The van der Waals surface area contributed by atoms with Crippen molar-refractivity contribution < 1.29 is 9.53 Å². The maximum Gasteiger partial charge on any atom is 0.264 e. The molecule has 3 heterocycles. The molecule has 0 aromatic carbocycles. The standard InChI is InChI=1S/C16H23N5O2S/c1-19(2)6-7-23-11-12-9-21(16(22)14-5-4-8-24-14)10-13-15(12)20(3)18-17-13/h4-5,8,12H,6-7,9-11H2,1-3H3. The van der Waals surface area contributed by atoms with Crippen LogP contribution in [0.3, 0.4) is 0 Å². The topological polar surface area (TPSA) is 63.5 Å². The molecule has 1 aliphatic heterocycles. The highest BCUT2D eigenvalue weighted by Gasteiger charge is 2.33. The van der Waals surface area contributed by atoms with Gasteiger partial charge in [-0.15, -0.1) is 16.4 Å². The molecule has 0 saturated carbocycles. The molecule has 7 nitrogen and oxygen atoms in total. The van der Waals surface area contributed by atoms with Gasteiger partial charge < -0.3 is 14.5 Å². The van der Waals surface area contributed by atoms with Crippen LogP contribution in [0.1, 0.15) is 27.0 Å². The molecule has 3 rings (SSSR count). The van der Waals surface area contributed by atoms with Gasteiger partial charge in [-0.3, -0.25) is 9.48 Å². The van der Waals surface area contributed by atoms with Gasteiger partial charge >= 0.3 is 0 Å². The average molecular weight is 349 g/mol. The summed E-state index contributed by atoms with van der Waals surface area (Å²) in [5.41, 5.74) is 1.95. The zero-order valence-corrected chi connectivity index (χ0v) is 15.1. The molecular weight excluding hydrogens is 326 g/mol. The van der Waals surface area contributed by atoms with Crippen LogP contribution in [-0.2, 0) is 18.3 Å². The number of nitrogens with zero attached hydrogens (tertiary/aromatic N) is 5. The first-order valence-electron chi connectivity index (χ1n) is 8.00. The van der Waals surface area contributed by atoms with Crippen LogP contribution in [0, 0.1) is 0 Å². The van der Waals surface area contributed by atoms with Crippen LogP contribution in [0.25, 0.3) is 0 Å². The maximum atomic E-state index is 12.7. The molecule has 0 spiro atoms. The number of likely N-dealkylation sites (N-methyl/N-ethyl adjacent to an activating group) is 1. The van der Waals surface area contributed by atoms with E-state index in [1.54, 1.807) is 0 Å². The minimum absolute atomic E-state index is 0.0552. The van der Waals surface area contributed by atoms with E-state index >= 15 is 0 Å². The Morgan fingerprint density at radius 1 is 1.50 bits per heavy atom. The van der Waals surface area contributed by atoms with Crippen LogP contribution in [-0.4, -0.2) is 71.1 Å². The lowest BCUT2D eigenvalue weighted by atomic mass is 9.99. The monoisotopic (exact) mass is 349 g/mol. The van der Waals surface area contributed by atoms with Gasteiger partial charge in [-0.2, -0.15) is 0 Å². The van der Waals surface area contributed by atoms with E-state index in [-0.39, 0.29) is 11.8 Å². The summed E-state index contributed by atoms with van der Waals surface area (Å²) in [7, 11) is 5.94. The Morgan fingerprint density at radius 2 is 2.33 bits per heavy atom. The first-order chi connectivity index (χ1) is 11.6. The number of amides is 1. The Bertz CT molecular complexity index is 683. The summed E-state index contributed by atoms with van der Waals surface area (Å²) in [4.78, 5) is 17.4. The number of aryl methyl sites for hydroxylation is 1. The number of hydrogen-bond donors (Lipinski definition) is 0. The second-order valence-electron chi connectivity index (χ2n) is 6.28. The van der Waals surface area contributed by atoms with E-state index in [2.05, 4.69) is 15.2 Å². The van der Waals surface area contributed by atoms with E-state index in [0.29, 0.717) is 26.3 Å². The lowest BCUT2D eigenvalue weighted by Gasteiger charge is -2.32. The van der Waals surface area contributed by atoms with Crippen molar-refractivity contribution in [3.8, 4) is 0 Å². The minimum Gasteiger partial charge on any atom is -0.379 e. The number of ether oxygens (including phenoxy) is 1. The van der Waals surface area contributed by atoms with Crippen LogP contribution >= 0.6 is 11.3 Å². The summed E-state index contributed by atoms with van der Waals surface area (Å²) in [6, 6.07) is 3.76. The molecule has 1 atom stereocenters. The number of fused-ring (bicyclic) bond motifs is 1. The molecule has 0 bridgehead atoms. The number of rotatable bonds is 6. The number of carbonyl (C=O) groups excluding carboxylic acids is 1. The van der Waals surface area contributed by atoms with Crippen LogP contribution in [0.5, 0.6) is 0 Å². The van der Waals surface area contributed by atoms with Gasteiger partial charge in [-0.25, -0.2) is 0 Å². The highest BCUT2D eigenvalue weighted by Crippen LogP contribution is 2.28. The maximum absolute atomic E-state index is 12.7. The van der Waals surface area contributed by atoms with E-state index in [1.807, 2.05) is 48.2 Å². The normalized spacial score (nSPS) is 17.3.